The minimum absolute atomic E-state index is 0.172. The summed E-state index contributed by atoms with van der Waals surface area (Å²) in [6.45, 7) is 1.85. The second kappa shape index (κ2) is 9.28. The first kappa shape index (κ1) is 24.0. The molecule has 4 N–H and O–H groups in total. The van der Waals surface area contributed by atoms with Gasteiger partial charge in [0.05, 0.1) is 4.88 Å². The molecule has 0 saturated heterocycles. The van der Waals surface area contributed by atoms with Crippen molar-refractivity contribution in [2.45, 2.75) is 44.4 Å². The van der Waals surface area contributed by atoms with Crippen molar-refractivity contribution in [3.05, 3.63) is 52.9 Å². The molecule has 2 heterocycles. The van der Waals surface area contributed by atoms with Gasteiger partial charge in [0.2, 0.25) is 11.9 Å². The van der Waals surface area contributed by atoms with Crippen molar-refractivity contribution in [3.63, 3.8) is 0 Å². The average Bonchev–Trinajstić information content (AvgIpc) is 3.30. The molecule has 0 radical (unpaired) electrons. The predicted octanol–water partition coefficient (Wildman–Crippen LogP) is 4.55. The zero-order valence-electron chi connectivity index (χ0n) is 18.1. The maximum Gasteiger partial charge on any atom is 0.433 e. The minimum Gasteiger partial charge on any atom is -0.383 e. The lowest BCUT2D eigenvalue weighted by atomic mass is 9.79. The number of rotatable bonds is 5. The van der Waals surface area contributed by atoms with Crippen molar-refractivity contribution >= 4 is 28.9 Å². The van der Waals surface area contributed by atoms with E-state index in [2.05, 4.69) is 20.3 Å². The third kappa shape index (κ3) is 5.18. The number of aromatic nitrogens is 3. The van der Waals surface area contributed by atoms with E-state index in [1.807, 2.05) is 13.0 Å². The molecule has 1 fully saturated rings. The number of amides is 1. The molecule has 1 aliphatic rings. The third-order valence-corrected chi connectivity index (χ3v) is 7.00. The summed E-state index contributed by atoms with van der Waals surface area (Å²) < 4.78 is 38.8. The topological polar surface area (TPSA) is 120 Å². The van der Waals surface area contributed by atoms with Crippen LogP contribution in [0.3, 0.4) is 0 Å². The van der Waals surface area contributed by atoms with Gasteiger partial charge in [-0.15, -0.1) is 11.3 Å². The largest absolute Gasteiger partial charge is 0.433 e. The number of nitrogens with zero attached hydrogens (tertiary/aromatic N) is 3. The van der Waals surface area contributed by atoms with Crippen LogP contribution in [0.2, 0.25) is 0 Å². The fourth-order valence-corrected chi connectivity index (χ4v) is 5.04. The highest BCUT2D eigenvalue weighted by atomic mass is 32.1. The molecule has 1 saturated carbocycles. The Morgan fingerprint density at radius 1 is 1.21 bits per heavy atom. The molecule has 34 heavy (non-hydrogen) atoms. The van der Waals surface area contributed by atoms with Gasteiger partial charge in [-0.05, 0) is 61.9 Å². The smallest absolute Gasteiger partial charge is 0.383 e. The number of carbonyl (C=O) groups excluding carboxylic acids is 1. The molecule has 0 atom stereocenters. The number of alkyl halides is 3. The summed E-state index contributed by atoms with van der Waals surface area (Å²) in [5.74, 6) is -0.978. The average molecular weight is 494 g/mol. The number of benzene rings is 1. The molecular weight excluding hydrogens is 471 g/mol. The van der Waals surface area contributed by atoms with E-state index in [0.29, 0.717) is 36.4 Å². The Kier molecular flexibility index (Phi) is 6.56. The first-order valence-corrected chi connectivity index (χ1v) is 11.3. The number of carbonyl (C=O) groups is 1. The van der Waals surface area contributed by atoms with E-state index >= 15 is 0 Å². The number of hydrogen-bond donors (Lipinski definition) is 4. The number of nitrogens with one attached hydrogen (secondary N) is 2. The highest BCUT2D eigenvalue weighted by molar-refractivity contribution is 7.15. The second-order valence-corrected chi connectivity index (χ2v) is 9.32. The van der Waals surface area contributed by atoms with Gasteiger partial charge in [-0.3, -0.25) is 10.0 Å². The summed E-state index contributed by atoms with van der Waals surface area (Å²) >= 11 is 1.32. The predicted molar refractivity (Wildman–Crippen MR) is 118 cm³/mol. The van der Waals surface area contributed by atoms with Crippen molar-refractivity contribution in [1.82, 2.24) is 20.4 Å². The van der Waals surface area contributed by atoms with Crippen LogP contribution in [0.5, 0.6) is 0 Å². The van der Waals surface area contributed by atoms with Gasteiger partial charge in [0.25, 0.3) is 0 Å². The van der Waals surface area contributed by atoms with Crippen LogP contribution in [0.25, 0.3) is 10.4 Å². The first-order chi connectivity index (χ1) is 16.1. The van der Waals surface area contributed by atoms with Crippen molar-refractivity contribution in [1.29, 1.82) is 0 Å². The van der Waals surface area contributed by atoms with Crippen molar-refractivity contribution < 1.29 is 28.3 Å². The molecule has 0 aliphatic heterocycles. The van der Waals surface area contributed by atoms with Crippen LogP contribution >= 0.6 is 11.3 Å². The van der Waals surface area contributed by atoms with Crippen LogP contribution in [0.15, 0.2) is 36.7 Å². The molecule has 0 unspecified atom stereocenters. The Balaban J connectivity index is 1.54. The van der Waals surface area contributed by atoms with Gasteiger partial charge in [-0.2, -0.15) is 13.2 Å². The standard InChI is InChI=1S/C22H22F3N5O3S/c1-12-8-14(10-15(9-12)28-20-26-7-4-17(29-20)22(23,24)25)16-11-27-19(34-16)21(32)5-2-13(3-6-21)18(31)30-33/h4,7-11,13,32-33H,2-3,5-6H2,1H3,(H,30,31)(H,26,28,29)/t13-,21-. The maximum absolute atomic E-state index is 12.9. The Bertz CT molecular complexity index is 1190. The summed E-state index contributed by atoms with van der Waals surface area (Å²) in [4.78, 5) is 24.2. The molecule has 8 nitrogen and oxygen atoms in total. The minimum atomic E-state index is -4.57. The fourth-order valence-electron chi connectivity index (χ4n) is 3.99. The lowest BCUT2D eigenvalue weighted by molar-refractivity contribution is -0.141. The Hall–Kier alpha value is -3.09. The molecule has 12 heteroatoms. The van der Waals surface area contributed by atoms with Crippen LogP contribution < -0.4 is 10.8 Å². The molecule has 3 aromatic rings. The van der Waals surface area contributed by atoms with E-state index in [-0.39, 0.29) is 11.9 Å². The van der Waals surface area contributed by atoms with Crippen LogP contribution in [0.4, 0.5) is 24.8 Å². The summed E-state index contributed by atoms with van der Waals surface area (Å²) in [6, 6.07) is 6.22. The molecule has 0 bridgehead atoms. The van der Waals surface area contributed by atoms with E-state index in [4.69, 9.17) is 5.21 Å². The Labute approximate surface area is 196 Å². The number of thiazole rings is 1. The van der Waals surface area contributed by atoms with Crippen molar-refractivity contribution in [2.24, 2.45) is 5.92 Å². The number of aliphatic hydroxyl groups is 1. The molecule has 2 aromatic heterocycles. The monoisotopic (exact) mass is 493 g/mol. The normalized spacial score (nSPS) is 20.7. The molecule has 1 aliphatic carbocycles. The molecule has 1 aromatic carbocycles. The van der Waals surface area contributed by atoms with Crippen LogP contribution in [-0.2, 0) is 16.6 Å². The van der Waals surface area contributed by atoms with E-state index in [1.165, 1.54) is 11.3 Å². The van der Waals surface area contributed by atoms with Crippen LogP contribution in [0, 0.1) is 12.8 Å². The number of anilines is 2. The van der Waals surface area contributed by atoms with E-state index in [0.717, 1.165) is 28.3 Å². The third-order valence-electron chi connectivity index (χ3n) is 5.76. The number of hydrogen-bond acceptors (Lipinski definition) is 8. The highest BCUT2D eigenvalue weighted by Gasteiger charge is 2.39. The van der Waals surface area contributed by atoms with Crippen molar-refractivity contribution in [2.75, 3.05) is 5.32 Å². The van der Waals surface area contributed by atoms with Gasteiger partial charge in [0, 0.05) is 24.0 Å². The Morgan fingerprint density at radius 3 is 2.62 bits per heavy atom. The Morgan fingerprint density at radius 2 is 1.94 bits per heavy atom. The lowest BCUT2D eigenvalue weighted by Gasteiger charge is -2.33. The van der Waals surface area contributed by atoms with Gasteiger partial charge < -0.3 is 10.4 Å². The maximum atomic E-state index is 12.9. The number of halogens is 3. The number of hydroxylamine groups is 1. The molecule has 0 spiro atoms. The van der Waals surface area contributed by atoms with Crippen molar-refractivity contribution in [3.8, 4) is 10.4 Å². The van der Waals surface area contributed by atoms with Gasteiger partial charge >= 0.3 is 6.18 Å². The van der Waals surface area contributed by atoms with Gasteiger partial charge in [-0.25, -0.2) is 20.4 Å². The highest BCUT2D eigenvalue weighted by Crippen LogP contribution is 2.43. The quantitative estimate of drug-likeness (QED) is 0.304. The van der Waals surface area contributed by atoms with Gasteiger partial charge in [0.15, 0.2) is 0 Å². The van der Waals surface area contributed by atoms with Gasteiger partial charge in [0.1, 0.15) is 16.3 Å². The van der Waals surface area contributed by atoms with E-state index in [1.54, 1.807) is 23.8 Å². The summed E-state index contributed by atoms with van der Waals surface area (Å²) in [5.41, 5.74) is 1.61. The number of aryl methyl sites for hydroxylation is 1. The van der Waals surface area contributed by atoms with E-state index in [9.17, 15) is 23.1 Å². The zero-order chi connectivity index (χ0) is 24.5. The van der Waals surface area contributed by atoms with Crippen LogP contribution in [0.1, 0.15) is 41.9 Å². The molecular formula is C22H22F3N5O3S. The second-order valence-electron chi connectivity index (χ2n) is 8.29. The summed E-state index contributed by atoms with van der Waals surface area (Å²) in [6.07, 6.45) is -0.358. The molecule has 4 rings (SSSR count). The lowest BCUT2D eigenvalue weighted by Crippen LogP contribution is -2.37. The SMILES string of the molecule is Cc1cc(Nc2nccc(C(F)(F)F)n2)cc(-c2cnc([C@]3(O)CC[C@H](C(=O)NO)CC3)s2)c1. The van der Waals surface area contributed by atoms with Crippen LogP contribution in [-0.4, -0.2) is 31.2 Å². The summed E-state index contributed by atoms with van der Waals surface area (Å²) in [5, 5.41) is 23.3. The van der Waals surface area contributed by atoms with Gasteiger partial charge in [-0.1, -0.05) is 6.07 Å². The van der Waals surface area contributed by atoms with E-state index < -0.39 is 23.4 Å². The summed E-state index contributed by atoms with van der Waals surface area (Å²) in [7, 11) is 0. The first-order valence-electron chi connectivity index (χ1n) is 10.5. The molecule has 1 amide bonds. The fraction of sp³-hybridized carbons (Fsp3) is 0.364. The molecule has 180 valence electrons. The zero-order valence-corrected chi connectivity index (χ0v) is 18.9.